The number of rotatable bonds is 7. The zero-order valence-electron chi connectivity index (χ0n) is 13.4. The van der Waals surface area contributed by atoms with Crippen molar-refractivity contribution >= 4 is 24.0 Å². The second-order valence-electron chi connectivity index (χ2n) is 5.92. The maximum atomic E-state index is 9.33. The Morgan fingerprint density at radius 3 is 2.48 bits per heavy atom. The SMILES string of the molecule is CC(C)(CO)NCc1cc(Cl)ccc1OCc1ccccc1.Cl. The van der Waals surface area contributed by atoms with Gasteiger partial charge in [0.2, 0.25) is 0 Å². The van der Waals surface area contributed by atoms with Gasteiger partial charge in [0.05, 0.1) is 6.61 Å². The van der Waals surface area contributed by atoms with Crippen LogP contribution < -0.4 is 10.1 Å². The molecule has 0 saturated heterocycles. The van der Waals surface area contributed by atoms with Crippen LogP contribution in [0.15, 0.2) is 48.5 Å². The van der Waals surface area contributed by atoms with Gasteiger partial charge in [-0.2, -0.15) is 0 Å². The van der Waals surface area contributed by atoms with Crippen molar-refractivity contribution in [2.45, 2.75) is 32.5 Å². The van der Waals surface area contributed by atoms with Crippen LogP contribution in [0.2, 0.25) is 5.02 Å². The molecule has 0 aliphatic heterocycles. The molecule has 126 valence electrons. The highest BCUT2D eigenvalue weighted by atomic mass is 35.5. The number of aliphatic hydroxyl groups excluding tert-OH is 1. The van der Waals surface area contributed by atoms with Gasteiger partial charge in [-0.25, -0.2) is 0 Å². The summed E-state index contributed by atoms with van der Waals surface area (Å²) >= 11 is 6.09. The van der Waals surface area contributed by atoms with Crippen molar-refractivity contribution in [3.05, 3.63) is 64.7 Å². The van der Waals surface area contributed by atoms with E-state index in [-0.39, 0.29) is 24.6 Å². The lowest BCUT2D eigenvalue weighted by Crippen LogP contribution is -2.42. The van der Waals surface area contributed by atoms with Gasteiger partial charge in [0.15, 0.2) is 0 Å². The van der Waals surface area contributed by atoms with Crippen LogP contribution in [-0.2, 0) is 13.2 Å². The third-order valence-corrected chi connectivity index (χ3v) is 3.65. The Balaban J connectivity index is 0.00000264. The maximum absolute atomic E-state index is 9.33. The van der Waals surface area contributed by atoms with Gasteiger partial charge in [0.1, 0.15) is 12.4 Å². The van der Waals surface area contributed by atoms with E-state index in [1.54, 1.807) is 0 Å². The monoisotopic (exact) mass is 355 g/mol. The third-order valence-electron chi connectivity index (χ3n) is 3.41. The molecule has 0 fully saturated rings. The second-order valence-corrected chi connectivity index (χ2v) is 6.36. The number of benzene rings is 2. The van der Waals surface area contributed by atoms with Crippen LogP contribution in [0.4, 0.5) is 0 Å². The highest BCUT2D eigenvalue weighted by Gasteiger charge is 2.16. The highest BCUT2D eigenvalue weighted by Crippen LogP contribution is 2.24. The first kappa shape index (κ1) is 19.8. The summed E-state index contributed by atoms with van der Waals surface area (Å²) in [4.78, 5) is 0. The molecule has 3 nitrogen and oxygen atoms in total. The molecule has 0 bridgehead atoms. The van der Waals surface area contributed by atoms with E-state index in [9.17, 15) is 5.11 Å². The zero-order chi connectivity index (χ0) is 16.0. The van der Waals surface area contributed by atoms with Crippen LogP contribution in [0.5, 0.6) is 5.75 Å². The molecule has 0 spiro atoms. The van der Waals surface area contributed by atoms with Crippen LogP contribution in [-0.4, -0.2) is 17.3 Å². The highest BCUT2D eigenvalue weighted by molar-refractivity contribution is 6.30. The van der Waals surface area contributed by atoms with E-state index in [1.165, 1.54) is 0 Å². The van der Waals surface area contributed by atoms with Crippen molar-refractivity contribution in [2.24, 2.45) is 0 Å². The topological polar surface area (TPSA) is 41.5 Å². The summed E-state index contributed by atoms with van der Waals surface area (Å²) in [6.07, 6.45) is 0. The van der Waals surface area contributed by atoms with Crippen molar-refractivity contribution < 1.29 is 9.84 Å². The van der Waals surface area contributed by atoms with E-state index in [1.807, 2.05) is 62.4 Å². The minimum absolute atomic E-state index is 0. The largest absolute Gasteiger partial charge is 0.489 e. The van der Waals surface area contributed by atoms with Crippen LogP contribution in [0, 0.1) is 0 Å². The van der Waals surface area contributed by atoms with Gasteiger partial charge in [-0.05, 0) is 37.6 Å². The third kappa shape index (κ3) is 6.40. The van der Waals surface area contributed by atoms with Gasteiger partial charge in [-0.15, -0.1) is 12.4 Å². The smallest absolute Gasteiger partial charge is 0.124 e. The van der Waals surface area contributed by atoms with Crippen molar-refractivity contribution in [1.82, 2.24) is 5.32 Å². The number of halogens is 2. The van der Waals surface area contributed by atoms with E-state index < -0.39 is 0 Å². The maximum Gasteiger partial charge on any atom is 0.124 e. The molecule has 2 rings (SSSR count). The van der Waals surface area contributed by atoms with Crippen molar-refractivity contribution in [1.29, 1.82) is 0 Å². The van der Waals surface area contributed by atoms with Crippen LogP contribution in [0.25, 0.3) is 0 Å². The quantitative estimate of drug-likeness (QED) is 0.781. The molecule has 2 aromatic carbocycles. The standard InChI is InChI=1S/C18H22ClNO2.ClH/c1-18(2,13-21)20-11-15-10-16(19)8-9-17(15)22-12-14-6-4-3-5-7-14;/h3-10,20-21H,11-13H2,1-2H3;1H. The predicted molar refractivity (Wildman–Crippen MR) is 97.5 cm³/mol. The molecule has 2 N–H and O–H groups in total. The van der Waals surface area contributed by atoms with Gasteiger partial charge >= 0.3 is 0 Å². The predicted octanol–water partition coefficient (Wildman–Crippen LogP) is 4.20. The Kier molecular flexibility index (Phi) is 7.86. The molecule has 0 aromatic heterocycles. The van der Waals surface area contributed by atoms with Crippen molar-refractivity contribution in [3.8, 4) is 5.75 Å². The molecule has 0 amide bonds. The lowest BCUT2D eigenvalue weighted by molar-refractivity contribution is 0.186. The molecule has 23 heavy (non-hydrogen) atoms. The fraction of sp³-hybridized carbons (Fsp3) is 0.333. The molecule has 0 heterocycles. The Labute approximate surface area is 149 Å². The number of hydrogen-bond acceptors (Lipinski definition) is 3. The van der Waals surface area contributed by atoms with Crippen LogP contribution in [0.1, 0.15) is 25.0 Å². The minimum atomic E-state index is -0.348. The molecule has 0 unspecified atom stereocenters. The van der Waals surface area contributed by atoms with E-state index in [0.29, 0.717) is 18.2 Å². The summed E-state index contributed by atoms with van der Waals surface area (Å²) in [5.74, 6) is 0.800. The van der Waals surface area contributed by atoms with Crippen molar-refractivity contribution in [2.75, 3.05) is 6.61 Å². The molecular weight excluding hydrogens is 333 g/mol. The first-order chi connectivity index (χ1) is 10.5. The second kappa shape index (κ2) is 9.14. The van der Waals surface area contributed by atoms with E-state index in [4.69, 9.17) is 16.3 Å². The van der Waals surface area contributed by atoms with Gasteiger partial charge < -0.3 is 15.2 Å². The zero-order valence-corrected chi connectivity index (χ0v) is 15.0. The Morgan fingerprint density at radius 2 is 1.83 bits per heavy atom. The lowest BCUT2D eigenvalue weighted by atomic mass is 10.1. The number of hydrogen-bond donors (Lipinski definition) is 2. The van der Waals surface area contributed by atoms with E-state index in [2.05, 4.69) is 5.32 Å². The first-order valence-electron chi connectivity index (χ1n) is 7.31. The van der Waals surface area contributed by atoms with E-state index >= 15 is 0 Å². The number of nitrogens with one attached hydrogen (secondary N) is 1. The molecule has 0 saturated carbocycles. The molecule has 0 radical (unpaired) electrons. The summed E-state index contributed by atoms with van der Waals surface area (Å²) in [7, 11) is 0. The molecule has 0 atom stereocenters. The fourth-order valence-electron chi connectivity index (χ4n) is 1.95. The summed E-state index contributed by atoms with van der Waals surface area (Å²) < 4.78 is 5.92. The normalized spacial score (nSPS) is 11.0. The van der Waals surface area contributed by atoms with Gasteiger partial charge in [-0.1, -0.05) is 41.9 Å². The average molecular weight is 356 g/mol. The van der Waals surface area contributed by atoms with Gasteiger partial charge in [0.25, 0.3) is 0 Å². The number of aliphatic hydroxyl groups is 1. The fourth-order valence-corrected chi connectivity index (χ4v) is 2.15. The van der Waals surface area contributed by atoms with Crippen LogP contribution in [0.3, 0.4) is 0 Å². The molecular formula is C18H23Cl2NO2. The van der Waals surface area contributed by atoms with E-state index in [0.717, 1.165) is 16.9 Å². The molecule has 5 heteroatoms. The Bertz CT molecular complexity index is 603. The number of ether oxygens (including phenoxy) is 1. The van der Waals surface area contributed by atoms with Crippen molar-refractivity contribution in [3.63, 3.8) is 0 Å². The lowest BCUT2D eigenvalue weighted by Gasteiger charge is -2.24. The summed E-state index contributed by atoms with van der Waals surface area (Å²) in [6.45, 7) is 5.05. The summed E-state index contributed by atoms with van der Waals surface area (Å²) in [5, 5.41) is 13.3. The average Bonchev–Trinajstić information content (AvgIpc) is 2.53. The first-order valence-corrected chi connectivity index (χ1v) is 7.69. The molecule has 0 aliphatic rings. The minimum Gasteiger partial charge on any atom is -0.489 e. The summed E-state index contributed by atoms with van der Waals surface area (Å²) in [5.41, 5.74) is 1.75. The van der Waals surface area contributed by atoms with Gasteiger partial charge in [-0.3, -0.25) is 0 Å². The summed E-state index contributed by atoms with van der Waals surface area (Å²) in [6, 6.07) is 15.6. The van der Waals surface area contributed by atoms with Gasteiger partial charge in [0, 0.05) is 22.7 Å². The Hall–Kier alpha value is -1.26. The molecule has 0 aliphatic carbocycles. The van der Waals surface area contributed by atoms with Crippen LogP contribution >= 0.6 is 24.0 Å². The Morgan fingerprint density at radius 1 is 1.13 bits per heavy atom. The molecule has 2 aromatic rings.